The second-order valence-corrected chi connectivity index (χ2v) is 4.69. The highest BCUT2D eigenvalue weighted by Crippen LogP contribution is 2.30. The van der Waals surface area contributed by atoms with Crippen LogP contribution in [-0.2, 0) is 11.3 Å². The summed E-state index contributed by atoms with van der Waals surface area (Å²) in [6.07, 6.45) is 0. The quantitative estimate of drug-likeness (QED) is 0.679. The number of ketones is 1. The number of hydrogen-bond donors (Lipinski definition) is 1. The molecule has 0 fully saturated rings. The second kappa shape index (κ2) is 6.76. The number of esters is 1. The maximum Gasteiger partial charge on any atom is 0.341 e. The third-order valence-corrected chi connectivity index (χ3v) is 3.12. The Kier molecular flexibility index (Phi) is 4.78. The molecule has 0 radical (unpaired) electrons. The summed E-state index contributed by atoms with van der Waals surface area (Å²) in [5.74, 6) is -1.05. The van der Waals surface area contributed by atoms with Gasteiger partial charge in [-0.25, -0.2) is 4.79 Å². The van der Waals surface area contributed by atoms with Gasteiger partial charge < -0.3 is 14.6 Å². The Morgan fingerprint density at radius 2 is 1.77 bits per heavy atom. The van der Waals surface area contributed by atoms with Crippen molar-refractivity contribution in [2.45, 2.75) is 13.5 Å². The number of methoxy groups -OCH3 is 1. The van der Waals surface area contributed by atoms with Crippen molar-refractivity contribution in [2.24, 2.45) is 0 Å². The number of carbonyl (C=O) groups excluding carboxylic acids is 2. The summed E-state index contributed by atoms with van der Waals surface area (Å²) in [6, 6.07) is 11.9. The van der Waals surface area contributed by atoms with Crippen LogP contribution in [0.25, 0.3) is 0 Å². The van der Waals surface area contributed by atoms with Gasteiger partial charge in [0.1, 0.15) is 23.7 Å². The van der Waals surface area contributed by atoms with Gasteiger partial charge in [-0.3, -0.25) is 4.79 Å². The van der Waals surface area contributed by atoms with E-state index < -0.39 is 5.97 Å². The molecule has 114 valence electrons. The van der Waals surface area contributed by atoms with Crippen LogP contribution in [0.5, 0.6) is 11.5 Å². The molecule has 2 rings (SSSR count). The molecule has 0 unspecified atom stereocenters. The molecule has 0 saturated heterocycles. The standard InChI is InChI=1S/C17H16O5/c1-11(18)13-8-14(17(20)21-2)16(9-15(13)19)22-10-12-6-4-3-5-7-12/h3-9,19H,10H2,1-2H3. The smallest absolute Gasteiger partial charge is 0.341 e. The highest BCUT2D eigenvalue weighted by molar-refractivity contribution is 6.01. The Morgan fingerprint density at radius 3 is 2.36 bits per heavy atom. The van der Waals surface area contributed by atoms with Gasteiger partial charge in [-0.1, -0.05) is 30.3 Å². The molecule has 0 heterocycles. The van der Waals surface area contributed by atoms with Crippen molar-refractivity contribution < 1.29 is 24.2 Å². The van der Waals surface area contributed by atoms with E-state index in [1.807, 2.05) is 30.3 Å². The molecule has 5 nitrogen and oxygen atoms in total. The predicted molar refractivity (Wildman–Crippen MR) is 80.2 cm³/mol. The van der Waals surface area contributed by atoms with Gasteiger partial charge >= 0.3 is 5.97 Å². The lowest BCUT2D eigenvalue weighted by Gasteiger charge is -2.12. The molecular formula is C17H16O5. The van der Waals surface area contributed by atoms with Crippen molar-refractivity contribution in [2.75, 3.05) is 7.11 Å². The number of phenolic OH excluding ortho intramolecular Hbond substituents is 1. The molecule has 0 atom stereocenters. The summed E-state index contributed by atoms with van der Waals surface area (Å²) in [7, 11) is 1.24. The van der Waals surface area contributed by atoms with E-state index in [-0.39, 0.29) is 35.0 Å². The molecule has 2 aromatic carbocycles. The molecule has 2 aromatic rings. The molecular weight excluding hydrogens is 284 g/mol. The van der Waals surface area contributed by atoms with Gasteiger partial charge in [-0.05, 0) is 18.6 Å². The first-order valence-corrected chi connectivity index (χ1v) is 6.66. The van der Waals surface area contributed by atoms with Crippen molar-refractivity contribution in [1.82, 2.24) is 0 Å². The third-order valence-electron chi connectivity index (χ3n) is 3.12. The zero-order chi connectivity index (χ0) is 16.1. The Hall–Kier alpha value is -2.82. The third kappa shape index (κ3) is 3.44. The molecule has 5 heteroatoms. The number of Topliss-reactive ketones (excluding diaryl/α,β-unsaturated/α-hetero) is 1. The lowest BCUT2D eigenvalue weighted by atomic mass is 10.1. The van der Waals surface area contributed by atoms with E-state index >= 15 is 0 Å². The van der Waals surface area contributed by atoms with Crippen molar-refractivity contribution in [1.29, 1.82) is 0 Å². The van der Waals surface area contributed by atoms with Gasteiger partial charge in [0.15, 0.2) is 5.78 Å². The Balaban J connectivity index is 2.34. The number of phenols is 1. The normalized spacial score (nSPS) is 10.1. The first-order chi connectivity index (χ1) is 10.5. The van der Waals surface area contributed by atoms with Crippen LogP contribution < -0.4 is 4.74 Å². The molecule has 0 amide bonds. The number of ether oxygens (including phenoxy) is 2. The average Bonchev–Trinajstić information content (AvgIpc) is 2.52. The molecule has 0 aliphatic rings. The van der Waals surface area contributed by atoms with E-state index in [4.69, 9.17) is 9.47 Å². The maximum atomic E-state index is 11.8. The van der Waals surface area contributed by atoms with Crippen LogP contribution in [0.3, 0.4) is 0 Å². The Morgan fingerprint density at radius 1 is 1.09 bits per heavy atom. The van der Waals surface area contributed by atoms with Crippen LogP contribution in [0, 0.1) is 0 Å². The predicted octanol–water partition coefficient (Wildman–Crippen LogP) is 2.96. The lowest BCUT2D eigenvalue weighted by Crippen LogP contribution is -2.08. The van der Waals surface area contributed by atoms with Gasteiger partial charge in [0.05, 0.1) is 12.7 Å². The molecule has 22 heavy (non-hydrogen) atoms. The highest BCUT2D eigenvalue weighted by atomic mass is 16.5. The fourth-order valence-corrected chi connectivity index (χ4v) is 1.98. The number of rotatable bonds is 5. The molecule has 0 aliphatic heterocycles. The monoisotopic (exact) mass is 300 g/mol. The van der Waals surface area contributed by atoms with Crippen molar-refractivity contribution >= 4 is 11.8 Å². The summed E-state index contributed by atoms with van der Waals surface area (Å²) in [4.78, 5) is 23.3. The van der Waals surface area contributed by atoms with E-state index in [2.05, 4.69) is 0 Å². The zero-order valence-corrected chi connectivity index (χ0v) is 12.3. The van der Waals surface area contributed by atoms with Gasteiger partial charge in [-0.2, -0.15) is 0 Å². The fourth-order valence-electron chi connectivity index (χ4n) is 1.98. The summed E-state index contributed by atoms with van der Waals surface area (Å²) in [5.41, 5.74) is 1.06. The Bertz CT molecular complexity index is 692. The van der Waals surface area contributed by atoms with Crippen LogP contribution in [0.4, 0.5) is 0 Å². The Labute approximate surface area is 128 Å². The minimum atomic E-state index is -0.634. The minimum absolute atomic E-state index is 0.0486. The van der Waals surface area contributed by atoms with E-state index in [1.165, 1.54) is 26.2 Å². The van der Waals surface area contributed by atoms with Crippen LogP contribution in [-0.4, -0.2) is 24.0 Å². The largest absolute Gasteiger partial charge is 0.507 e. The second-order valence-electron chi connectivity index (χ2n) is 4.69. The summed E-state index contributed by atoms with van der Waals surface area (Å²) >= 11 is 0. The molecule has 0 aromatic heterocycles. The molecule has 0 spiro atoms. The van der Waals surface area contributed by atoms with E-state index in [1.54, 1.807) is 0 Å². The van der Waals surface area contributed by atoms with Gasteiger partial charge in [-0.15, -0.1) is 0 Å². The fraction of sp³-hybridized carbons (Fsp3) is 0.176. The van der Waals surface area contributed by atoms with Crippen molar-refractivity contribution in [3.8, 4) is 11.5 Å². The van der Waals surface area contributed by atoms with Crippen molar-refractivity contribution in [3.63, 3.8) is 0 Å². The van der Waals surface area contributed by atoms with Crippen molar-refractivity contribution in [3.05, 3.63) is 59.2 Å². The highest BCUT2D eigenvalue weighted by Gasteiger charge is 2.19. The lowest BCUT2D eigenvalue weighted by molar-refractivity contribution is 0.0595. The van der Waals surface area contributed by atoms with Crippen LogP contribution in [0.1, 0.15) is 33.2 Å². The van der Waals surface area contributed by atoms with E-state index in [9.17, 15) is 14.7 Å². The molecule has 1 N–H and O–H groups in total. The van der Waals surface area contributed by atoms with Crippen LogP contribution in [0.2, 0.25) is 0 Å². The molecule has 0 bridgehead atoms. The molecule has 0 saturated carbocycles. The van der Waals surface area contributed by atoms with Gasteiger partial charge in [0.2, 0.25) is 0 Å². The summed E-state index contributed by atoms with van der Waals surface area (Å²) < 4.78 is 10.3. The topological polar surface area (TPSA) is 72.8 Å². The summed E-state index contributed by atoms with van der Waals surface area (Å²) in [6.45, 7) is 1.53. The van der Waals surface area contributed by atoms with E-state index in [0.29, 0.717) is 0 Å². The zero-order valence-electron chi connectivity index (χ0n) is 12.3. The molecule has 0 aliphatic carbocycles. The number of carbonyl (C=O) groups is 2. The SMILES string of the molecule is COC(=O)c1cc(C(C)=O)c(O)cc1OCc1ccccc1. The average molecular weight is 300 g/mol. The first-order valence-electron chi connectivity index (χ1n) is 6.66. The first kappa shape index (κ1) is 15.6. The van der Waals surface area contributed by atoms with Gasteiger partial charge in [0.25, 0.3) is 0 Å². The number of hydrogen-bond acceptors (Lipinski definition) is 5. The maximum absolute atomic E-state index is 11.8. The van der Waals surface area contributed by atoms with E-state index in [0.717, 1.165) is 5.56 Å². The van der Waals surface area contributed by atoms with Crippen LogP contribution in [0.15, 0.2) is 42.5 Å². The minimum Gasteiger partial charge on any atom is -0.507 e. The van der Waals surface area contributed by atoms with Crippen LogP contribution >= 0.6 is 0 Å². The number of aromatic hydroxyl groups is 1. The number of benzene rings is 2. The summed E-state index contributed by atoms with van der Waals surface area (Å²) in [5, 5.41) is 9.88. The van der Waals surface area contributed by atoms with Gasteiger partial charge in [0, 0.05) is 6.07 Å².